The van der Waals surface area contributed by atoms with Gasteiger partial charge in [0.2, 0.25) is 0 Å². The Balaban J connectivity index is 1.46. The lowest BCUT2D eigenvalue weighted by Gasteiger charge is -2.64. The maximum atomic E-state index is 9.45. The van der Waals surface area contributed by atoms with E-state index in [2.05, 4.69) is 0 Å². The van der Waals surface area contributed by atoms with Crippen molar-refractivity contribution in [3.63, 3.8) is 0 Å². The van der Waals surface area contributed by atoms with Crippen molar-refractivity contribution < 1.29 is 19.3 Å². The molecule has 4 unspecified atom stereocenters. The van der Waals surface area contributed by atoms with E-state index in [0.29, 0.717) is 19.6 Å². The molecule has 0 aromatic heterocycles. The quantitative estimate of drug-likeness (QED) is 0.866. The lowest BCUT2D eigenvalue weighted by Crippen LogP contribution is -2.78. The van der Waals surface area contributed by atoms with Crippen LogP contribution in [-0.2, 0) is 20.8 Å². The number of aliphatic hydroxyl groups excluding tert-OH is 1. The van der Waals surface area contributed by atoms with E-state index in [1.807, 2.05) is 30.3 Å². The first-order valence-corrected chi connectivity index (χ1v) is 6.39. The summed E-state index contributed by atoms with van der Waals surface area (Å²) in [7, 11) is 0. The molecule has 0 spiro atoms. The third-order valence-electron chi connectivity index (χ3n) is 4.44. The molecule has 2 heterocycles. The highest BCUT2D eigenvalue weighted by Crippen LogP contribution is 2.65. The van der Waals surface area contributed by atoms with Gasteiger partial charge in [-0.05, 0) is 5.56 Å². The normalized spacial score (nSPS) is 44.1. The highest BCUT2D eigenvalue weighted by Gasteiger charge is 2.79. The van der Waals surface area contributed by atoms with Crippen molar-refractivity contribution in [2.45, 2.75) is 30.5 Å². The molecular formula is C14H16O4. The van der Waals surface area contributed by atoms with E-state index in [1.54, 1.807) is 0 Å². The zero-order chi connectivity index (χ0) is 12.2. The smallest absolute Gasteiger partial charge is 0.180 e. The fourth-order valence-corrected chi connectivity index (χ4v) is 3.57. The standard InChI is InChI=1S/C14H16O4/c15-9-13-8-14(12(13)11(18-14)7-16-13)17-6-10-4-2-1-3-5-10/h1-5,11-12,15H,6-9H2. The first kappa shape index (κ1) is 10.9. The third kappa shape index (κ3) is 1.24. The van der Waals surface area contributed by atoms with Gasteiger partial charge in [-0.2, -0.15) is 0 Å². The van der Waals surface area contributed by atoms with Crippen LogP contribution < -0.4 is 0 Å². The number of aliphatic hydroxyl groups is 1. The van der Waals surface area contributed by atoms with E-state index >= 15 is 0 Å². The minimum atomic E-state index is -0.500. The van der Waals surface area contributed by atoms with Crippen LogP contribution in [0.3, 0.4) is 0 Å². The first-order chi connectivity index (χ1) is 8.78. The Bertz CT molecular complexity index is 462. The highest BCUT2D eigenvalue weighted by atomic mass is 16.8. The molecule has 3 aliphatic rings. The van der Waals surface area contributed by atoms with Gasteiger partial charge in [-0.15, -0.1) is 0 Å². The van der Waals surface area contributed by atoms with Crippen molar-refractivity contribution in [2.24, 2.45) is 5.92 Å². The predicted octanol–water partition coefficient (Wildman–Crippen LogP) is 1.08. The van der Waals surface area contributed by atoms with Crippen molar-refractivity contribution >= 4 is 0 Å². The summed E-state index contributed by atoms with van der Waals surface area (Å²) in [6.07, 6.45) is 0.756. The summed E-state index contributed by atoms with van der Waals surface area (Å²) < 4.78 is 17.4. The SMILES string of the molecule is OCC12CC3(OCc4ccccc4)OC(CO1)C23. The summed E-state index contributed by atoms with van der Waals surface area (Å²) in [5.74, 6) is -0.293. The van der Waals surface area contributed by atoms with Crippen molar-refractivity contribution in [3.8, 4) is 0 Å². The number of hydrogen-bond donors (Lipinski definition) is 1. The second-order valence-electron chi connectivity index (χ2n) is 5.43. The second kappa shape index (κ2) is 3.54. The van der Waals surface area contributed by atoms with Gasteiger partial charge in [0, 0.05) is 6.42 Å². The number of ether oxygens (including phenoxy) is 3. The Morgan fingerprint density at radius 2 is 2.17 bits per heavy atom. The van der Waals surface area contributed by atoms with Gasteiger partial charge in [0.25, 0.3) is 0 Å². The topological polar surface area (TPSA) is 47.9 Å². The fraction of sp³-hybridized carbons (Fsp3) is 0.571. The minimum Gasteiger partial charge on any atom is -0.393 e. The Morgan fingerprint density at radius 1 is 1.33 bits per heavy atom. The average molecular weight is 248 g/mol. The van der Waals surface area contributed by atoms with Gasteiger partial charge in [-0.3, -0.25) is 0 Å². The van der Waals surface area contributed by atoms with E-state index < -0.39 is 5.79 Å². The van der Waals surface area contributed by atoms with E-state index in [4.69, 9.17) is 14.2 Å². The molecule has 1 aliphatic carbocycles. The first-order valence-electron chi connectivity index (χ1n) is 6.39. The molecule has 1 aromatic rings. The molecule has 2 saturated heterocycles. The van der Waals surface area contributed by atoms with Crippen molar-refractivity contribution in [1.29, 1.82) is 0 Å². The summed E-state index contributed by atoms with van der Waals surface area (Å²) in [5, 5.41) is 9.45. The van der Waals surface area contributed by atoms with Gasteiger partial charge in [0.05, 0.1) is 31.8 Å². The Labute approximate surface area is 105 Å². The van der Waals surface area contributed by atoms with Crippen LogP contribution in [0.15, 0.2) is 30.3 Å². The zero-order valence-electron chi connectivity index (χ0n) is 10.0. The average Bonchev–Trinajstić information content (AvgIpc) is 2.54. The number of rotatable bonds is 4. The van der Waals surface area contributed by atoms with Crippen LogP contribution in [-0.4, -0.2) is 35.8 Å². The third-order valence-corrected chi connectivity index (χ3v) is 4.44. The van der Waals surface area contributed by atoms with E-state index in [9.17, 15) is 5.11 Å². The molecule has 0 amide bonds. The molecule has 4 nitrogen and oxygen atoms in total. The van der Waals surface area contributed by atoms with Gasteiger partial charge in [0.15, 0.2) is 5.79 Å². The minimum absolute atomic E-state index is 0.0635. The molecule has 18 heavy (non-hydrogen) atoms. The van der Waals surface area contributed by atoms with Crippen LogP contribution in [0, 0.1) is 5.92 Å². The lowest BCUT2D eigenvalue weighted by atomic mass is 9.59. The molecule has 1 saturated carbocycles. The van der Waals surface area contributed by atoms with E-state index in [1.165, 1.54) is 0 Å². The maximum Gasteiger partial charge on any atom is 0.180 e. The van der Waals surface area contributed by atoms with Crippen LogP contribution in [0.25, 0.3) is 0 Å². The van der Waals surface area contributed by atoms with Gasteiger partial charge in [0.1, 0.15) is 5.60 Å². The second-order valence-corrected chi connectivity index (χ2v) is 5.43. The van der Waals surface area contributed by atoms with Crippen molar-refractivity contribution in [3.05, 3.63) is 35.9 Å². The molecule has 0 bridgehead atoms. The van der Waals surface area contributed by atoms with Crippen LogP contribution >= 0.6 is 0 Å². The summed E-state index contributed by atoms with van der Waals surface area (Å²) >= 11 is 0. The molecule has 1 aromatic carbocycles. The number of hydrogen-bond acceptors (Lipinski definition) is 4. The summed E-state index contributed by atoms with van der Waals surface area (Å²) in [6, 6.07) is 10.1. The van der Waals surface area contributed by atoms with Crippen molar-refractivity contribution in [1.82, 2.24) is 0 Å². The van der Waals surface area contributed by atoms with E-state index in [0.717, 1.165) is 5.56 Å². The highest BCUT2D eigenvalue weighted by molar-refractivity contribution is 5.23. The van der Waals surface area contributed by atoms with Gasteiger partial charge in [-0.25, -0.2) is 0 Å². The molecule has 1 N–H and O–H groups in total. The van der Waals surface area contributed by atoms with Crippen LogP contribution in [0.4, 0.5) is 0 Å². The molecule has 4 rings (SSSR count). The monoisotopic (exact) mass is 248 g/mol. The van der Waals surface area contributed by atoms with Crippen LogP contribution in [0.5, 0.6) is 0 Å². The summed E-state index contributed by atoms with van der Waals surface area (Å²) in [4.78, 5) is 0. The molecular weight excluding hydrogens is 232 g/mol. The van der Waals surface area contributed by atoms with Crippen molar-refractivity contribution in [2.75, 3.05) is 13.2 Å². The zero-order valence-corrected chi connectivity index (χ0v) is 10.0. The molecule has 4 heteroatoms. The predicted molar refractivity (Wildman–Crippen MR) is 62.7 cm³/mol. The molecule has 96 valence electrons. The molecule has 4 atom stereocenters. The molecule has 3 fully saturated rings. The van der Waals surface area contributed by atoms with Gasteiger partial charge >= 0.3 is 0 Å². The van der Waals surface area contributed by atoms with Gasteiger partial charge < -0.3 is 19.3 Å². The fourth-order valence-electron chi connectivity index (χ4n) is 3.57. The lowest BCUT2D eigenvalue weighted by molar-refractivity contribution is -0.450. The molecule has 0 radical (unpaired) electrons. The van der Waals surface area contributed by atoms with E-state index in [-0.39, 0.29) is 24.2 Å². The summed E-state index contributed by atoms with van der Waals surface area (Å²) in [6.45, 7) is 1.20. The Morgan fingerprint density at radius 3 is 2.94 bits per heavy atom. The van der Waals surface area contributed by atoms with Crippen LogP contribution in [0.2, 0.25) is 0 Å². The largest absolute Gasteiger partial charge is 0.393 e. The Hall–Kier alpha value is -0.940. The Kier molecular flexibility index (Phi) is 2.15. The van der Waals surface area contributed by atoms with Crippen LogP contribution in [0.1, 0.15) is 12.0 Å². The molecule has 2 aliphatic heterocycles. The number of benzene rings is 1. The van der Waals surface area contributed by atoms with Gasteiger partial charge in [-0.1, -0.05) is 30.3 Å². The maximum absolute atomic E-state index is 9.45. The summed E-state index contributed by atoms with van der Waals surface area (Å²) in [5.41, 5.74) is 0.749.